The lowest BCUT2D eigenvalue weighted by Gasteiger charge is -2.27. The standard InChI is InChI=1S/C25H21F4N7O2/c1-12-4-5-14(9-15(12)26)25(13-6-7-13)18-20(35-23(25)38)33-19(34-22(18)37)17-10-36-21(30-11-31-36)16(32-17)3-2-8-24(27,28)29/h4-5,9-11,13H,2-3,6-8H2,1H3,(H2,33,34,35,37,38). The number of carbonyl (C=O) groups is 1. The van der Waals surface area contributed by atoms with Gasteiger partial charge in [-0.25, -0.2) is 23.9 Å². The molecule has 1 unspecified atom stereocenters. The summed E-state index contributed by atoms with van der Waals surface area (Å²) in [6, 6.07) is 4.53. The fourth-order valence-electron chi connectivity index (χ4n) is 5.25. The van der Waals surface area contributed by atoms with Crippen molar-refractivity contribution >= 4 is 17.4 Å². The molecule has 38 heavy (non-hydrogen) atoms. The van der Waals surface area contributed by atoms with Gasteiger partial charge in [-0.05, 0) is 55.7 Å². The molecule has 9 nitrogen and oxygen atoms in total. The Labute approximate surface area is 212 Å². The van der Waals surface area contributed by atoms with Crippen LogP contribution in [0.15, 0.2) is 35.5 Å². The molecule has 0 radical (unpaired) electrons. The Bertz CT molecular complexity index is 1660. The van der Waals surface area contributed by atoms with Gasteiger partial charge in [0, 0.05) is 6.42 Å². The smallest absolute Gasteiger partial charge is 0.309 e. The van der Waals surface area contributed by atoms with Gasteiger partial charge in [0.25, 0.3) is 5.56 Å². The number of hydrogen-bond donors (Lipinski definition) is 2. The number of aromatic amines is 1. The summed E-state index contributed by atoms with van der Waals surface area (Å²) in [5, 5.41) is 6.77. The summed E-state index contributed by atoms with van der Waals surface area (Å²) in [4.78, 5) is 42.7. The van der Waals surface area contributed by atoms with E-state index in [0.29, 0.717) is 29.6 Å². The molecular formula is C25H21F4N7O2. The molecule has 1 aliphatic heterocycles. The van der Waals surface area contributed by atoms with Crippen molar-refractivity contribution in [3.05, 3.63) is 69.3 Å². The number of aryl methyl sites for hydroxylation is 2. The van der Waals surface area contributed by atoms with Gasteiger partial charge in [0.2, 0.25) is 5.91 Å². The minimum atomic E-state index is -4.30. The molecule has 3 aromatic heterocycles. The highest BCUT2D eigenvalue weighted by molar-refractivity contribution is 6.08. The van der Waals surface area contributed by atoms with Crippen LogP contribution in [0.5, 0.6) is 0 Å². The van der Waals surface area contributed by atoms with Crippen molar-refractivity contribution in [2.75, 3.05) is 5.32 Å². The van der Waals surface area contributed by atoms with Crippen molar-refractivity contribution in [1.29, 1.82) is 0 Å². The molecule has 13 heteroatoms. The van der Waals surface area contributed by atoms with Gasteiger partial charge < -0.3 is 10.3 Å². The van der Waals surface area contributed by atoms with Crippen LogP contribution >= 0.6 is 0 Å². The molecule has 1 aromatic carbocycles. The fraction of sp³-hybridized carbons (Fsp3) is 0.360. The first-order valence-corrected chi connectivity index (χ1v) is 12.1. The van der Waals surface area contributed by atoms with Crippen LogP contribution in [-0.2, 0) is 16.6 Å². The number of halogens is 4. The number of hydrogen-bond acceptors (Lipinski definition) is 6. The average molecular weight is 527 g/mol. The number of nitrogens with one attached hydrogen (secondary N) is 2. The fourth-order valence-corrected chi connectivity index (χ4v) is 5.25. The van der Waals surface area contributed by atoms with Gasteiger partial charge in [0.05, 0.1) is 17.5 Å². The first-order valence-electron chi connectivity index (χ1n) is 12.1. The summed E-state index contributed by atoms with van der Waals surface area (Å²) in [7, 11) is 0. The van der Waals surface area contributed by atoms with E-state index >= 15 is 0 Å². The maximum Gasteiger partial charge on any atom is 0.389 e. The number of benzene rings is 1. The van der Waals surface area contributed by atoms with Gasteiger partial charge in [0.15, 0.2) is 11.5 Å². The van der Waals surface area contributed by atoms with Crippen LogP contribution in [0.4, 0.5) is 23.4 Å². The lowest BCUT2D eigenvalue weighted by Crippen LogP contribution is -2.41. The predicted molar refractivity (Wildman–Crippen MR) is 127 cm³/mol. The Hall–Kier alpha value is -4.16. The molecule has 1 amide bonds. The Morgan fingerprint density at radius 1 is 1.18 bits per heavy atom. The molecular weight excluding hydrogens is 506 g/mol. The zero-order valence-corrected chi connectivity index (χ0v) is 20.1. The number of alkyl halides is 3. The van der Waals surface area contributed by atoms with E-state index in [1.165, 1.54) is 23.1 Å². The molecule has 0 saturated heterocycles. The van der Waals surface area contributed by atoms with Crippen LogP contribution in [0.1, 0.15) is 48.1 Å². The number of carbonyl (C=O) groups excluding carboxylic acids is 1. The van der Waals surface area contributed by atoms with E-state index in [4.69, 9.17) is 0 Å². The van der Waals surface area contributed by atoms with Crippen molar-refractivity contribution in [1.82, 2.24) is 29.5 Å². The van der Waals surface area contributed by atoms with E-state index in [2.05, 4.69) is 30.4 Å². The third-order valence-electron chi connectivity index (χ3n) is 7.17. The molecule has 0 bridgehead atoms. The molecule has 0 spiro atoms. The molecule has 1 saturated carbocycles. The minimum Gasteiger partial charge on any atom is -0.309 e. The second-order valence-electron chi connectivity index (χ2n) is 9.71. The molecule has 2 N–H and O–H groups in total. The first kappa shape index (κ1) is 24.2. The van der Waals surface area contributed by atoms with E-state index in [-0.39, 0.29) is 47.4 Å². The minimum absolute atomic E-state index is 0.00482. The number of fused-ring (bicyclic) bond motifs is 2. The van der Waals surface area contributed by atoms with Crippen molar-refractivity contribution in [2.45, 2.75) is 50.6 Å². The Morgan fingerprint density at radius 3 is 2.68 bits per heavy atom. The second kappa shape index (κ2) is 8.43. The highest BCUT2D eigenvalue weighted by Gasteiger charge is 2.59. The zero-order chi connectivity index (χ0) is 26.8. The van der Waals surface area contributed by atoms with Gasteiger partial charge in [-0.2, -0.15) is 18.3 Å². The van der Waals surface area contributed by atoms with Gasteiger partial charge in [-0.15, -0.1) is 0 Å². The summed E-state index contributed by atoms with van der Waals surface area (Å²) in [5.74, 6) is -1.08. The van der Waals surface area contributed by atoms with Crippen LogP contribution in [-0.4, -0.2) is 41.6 Å². The highest BCUT2D eigenvalue weighted by Crippen LogP contribution is 2.55. The van der Waals surface area contributed by atoms with E-state index in [9.17, 15) is 27.2 Å². The summed E-state index contributed by atoms with van der Waals surface area (Å²) < 4.78 is 54.0. The number of anilines is 1. The van der Waals surface area contributed by atoms with Gasteiger partial charge >= 0.3 is 6.18 Å². The summed E-state index contributed by atoms with van der Waals surface area (Å²) in [6.45, 7) is 1.61. The summed E-state index contributed by atoms with van der Waals surface area (Å²) in [5.41, 5.74) is -0.352. The maximum atomic E-state index is 14.6. The molecule has 4 aromatic rings. The van der Waals surface area contributed by atoms with E-state index in [1.54, 1.807) is 19.1 Å². The third-order valence-corrected chi connectivity index (χ3v) is 7.17. The van der Waals surface area contributed by atoms with Crippen molar-refractivity contribution in [2.24, 2.45) is 5.92 Å². The normalized spacial score (nSPS) is 19.1. The van der Waals surface area contributed by atoms with Crippen molar-refractivity contribution in [3.63, 3.8) is 0 Å². The molecule has 2 aliphatic rings. The summed E-state index contributed by atoms with van der Waals surface area (Å²) >= 11 is 0. The second-order valence-corrected chi connectivity index (χ2v) is 9.71. The quantitative estimate of drug-likeness (QED) is 0.368. The van der Waals surface area contributed by atoms with E-state index in [1.807, 2.05) is 0 Å². The zero-order valence-electron chi connectivity index (χ0n) is 20.1. The lowest BCUT2D eigenvalue weighted by atomic mass is 9.72. The van der Waals surface area contributed by atoms with Gasteiger partial charge in [-0.3, -0.25) is 9.59 Å². The molecule has 1 fully saturated rings. The Morgan fingerprint density at radius 2 is 1.97 bits per heavy atom. The number of H-pyrrole nitrogens is 1. The number of nitrogens with zero attached hydrogens (tertiary/aromatic N) is 5. The van der Waals surface area contributed by atoms with Gasteiger partial charge in [0.1, 0.15) is 29.1 Å². The van der Waals surface area contributed by atoms with Crippen molar-refractivity contribution in [3.8, 4) is 11.5 Å². The Balaban J connectivity index is 1.45. The number of amides is 1. The Kier molecular flexibility index (Phi) is 5.37. The van der Waals surface area contributed by atoms with E-state index in [0.717, 1.165) is 0 Å². The van der Waals surface area contributed by atoms with Crippen LogP contribution in [0.3, 0.4) is 0 Å². The largest absolute Gasteiger partial charge is 0.389 e. The monoisotopic (exact) mass is 527 g/mol. The molecule has 196 valence electrons. The number of rotatable bonds is 6. The number of aromatic nitrogens is 6. The van der Waals surface area contributed by atoms with Gasteiger partial charge in [-0.1, -0.05) is 12.1 Å². The van der Waals surface area contributed by atoms with E-state index < -0.39 is 35.3 Å². The molecule has 1 atom stereocenters. The molecule has 4 heterocycles. The maximum absolute atomic E-state index is 14.6. The lowest BCUT2D eigenvalue weighted by molar-refractivity contribution is -0.135. The predicted octanol–water partition coefficient (Wildman–Crippen LogP) is 3.86. The van der Waals surface area contributed by atoms with Crippen molar-refractivity contribution < 1.29 is 22.4 Å². The third kappa shape index (κ3) is 3.84. The SMILES string of the molecule is Cc1ccc(C2(C3CC3)C(=O)Nc3nc(-c4cn5ncnc5c(CCCC(F)(F)F)n4)[nH]c(=O)c32)cc1F. The van der Waals surface area contributed by atoms with Crippen LogP contribution < -0.4 is 10.9 Å². The topological polar surface area (TPSA) is 118 Å². The van der Waals surface area contributed by atoms with Crippen LogP contribution in [0, 0.1) is 18.7 Å². The summed E-state index contributed by atoms with van der Waals surface area (Å²) in [6.07, 6.45) is -1.44. The van der Waals surface area contributed by atoms with Crippen LogP contribution in [0.2, 0.25) is 0 Å². The molecule has 6 rings (SSSR count). The first-order chi connectivity index (χ1) is 18.1. The highest BCUT2D eigenvalue weighted by atomic mass is 19.4. The average Bonchev–Trinajstić information content (AvgIpc) is 3.50. The molecule has 1 aliphatic carbocycles. The van der Waals surface area contributed by atoms with Crippen LogP contribution in [0.25, 0.3) is 17.2 Å².